The molecule has 0 heterocycles. The minimum Gasteiger partial charge on any atom is -0.486 e. The van der Waals surface area contributed by atoms with Gasteiger partial charge in [-0.1, -0.05) is 42.5 Å². The summed E-state index contributed by atoms with van der Waals surface area (Å²) in [6.45, 7) is 0.342. The maximum Gasteiger partial charge on any atom is 0.305 e. The molecule has 0 saturated carbocycles. The van der Waals surface area contributed by atoms with E-state index in [1.54, 1.807) is 6.07 Å². The van der Waals surface area contributed by atoms with Gasteiger partial charge < -0.3 is 9.47 Å². The maximum atomic E-state index is 14.4. The number of allylic oxidation sites excluding steroid dienone is 2. The van der Waals surface area contributed by atoms with Crippen LogP contribution in [0.2, 0.25) is 0 Å². The molecule has 1 aliphatic carbocycles. The van der Waals surface area contributed by atoms with Crippen molar-refractivity contribution in [2.24, 2.45) is 5.92 Å². The molecule has 0 amide bonds. The Morgan fingerprint density at radius 3 is 2.65 bits per heavy atom. The zero-order chi connectivity index (χ0) is 18.4. The number of esters is 1. The van der Waals surface area contributed by atoms with Crippen molar-refractivity contribution in [2.75, 3.05) is 7.11 Å². The topological polar surface area (TPSA) is 35.5 Å². The number of ether oxygens (including phenoxy) is 2. The van der Waals surface area contributed by atoms with Gasteiger partial charge in [-0.15, -0.1) is 0 Å². The average molecular weight is 354 g/mol. The largest absolute Gasteiger partial charge is 0.486 e. The van der Waals surface area contributed by atoms with Crippen molar-refractivity contribution in [1.29, 1.82) is 0 Å². The summed E-state index contributed by atoms with van der Waals surface area (Å²) in [6.07, 6.45) is 5.12. The first-order valence-electron chi connectivity index (χ1n) is 8.88. The highest BCUT2D eigenvalue weighted by Crippen LogP contribution is 2.33. The molecule has 3 rings (SSSR count). The number of carbonyl (C=O) groups is 1. The van der Waals surface area contributed by atoms with Crippen LogP contribution >= 0.6 is 0 Å². The number of hydrogen-bond donors (Lipinski definition) is 0. The first-order chi connectivity index (χ1) is 12.7. The van der Waals surface area contributed by atoms with E-state index >= 15 is 0 Å². The zero-order valence-electron chi connectivity index (χ0n) is 14.9. The molecule has 26 heavy (non-hydrogen) atoms. The molecule has 0 N–H and O–H groups in total. The van der Waals surface area contributed by atoms with Crippen LogP contribution in [-0.2, 0) is 16.1 Å². The van der Waals surface area contributed by atoms with Crippen molar-refractivity contribution in [3.8, 4) is 5.75 Å². The van der Waals surface area contributed by atoms with Gasteiger partial charge in [-0.05, 0) is 54.0 Å². The lowest BCUT2D eigenvalue weighted by Gasteiger charge is -2.21. The summed E-state index contributed by atoms with van der Waals surface area (Å²) in [5.41, 5.74) is 3.01. The Labute approximate surface area is 153 Å². The summed E-state index contributed by atoms with van der Waals surface area (Å²) in [5.74, 6) is 0.0518. The molecule has 0 bridgehead atoms. The van der Waals surface area contributed by atoms with Crippen molar-refractivity contribution in [2.45, 2.75) is 32.3 Å². The third kappa shape index (κ3) is 4.72. The van der Waals surface area contributed by atoms with Crippen LogP contribution in [0, 0.1) is 11.7 Å². The second kappa shape index (κ2) is 8.65. The molecule has 1 unspecified atom stereocenters. The first-order valence-corrected chi connectivity index (χ1v) is 8.88. The SMILES string of the molecule is COC(=O)CC1CC=C(c2ccc(OCc3ccccc3)c(F)c2)CC1. The third-order valence-electron chi connectivity index (χ3n) is 4.74. The number of halogens is 1. The molecule has 0 aromatic heterocycles. The normalized spacial score (nSPS) is 16.7. The fraction of sp³-hybridized carbons (Fsp3) is 0.318. The molecule has 0 fully saturated rings. The quantitative estimate of drug-likeness (QED) is 0.673. The fourth-order valence-electron chi connectivity index (χ4n) is 3.21. The number of rotatable bonds is 6. The summed E-state index contributed by atoms with van der Waals surface area (Å²) in [5, 5.41) is 0. The van der Waals surface area contributed by atoms with Crippen LogP contribution in [0.4, 0.5) is 4.39 Å². The van der Waals surface area contributed by atoms with Crippen LogP contribution in [-0.4, -0.2) is 13.1 Å². The molecule has 0 radical (unpaired) electrons. The van der Waals surface area contributed by atoms with E-state index in [2.05, 4.69) is 6.08 Å². The molecule has 136 valence electrons. The van der Waals surface area contributed by atoms with Crippen molar-refractivity contribution in [3.05, 3.63) is 71.6 Å². The number of hydrogen-bond acceptors (Lipinski definition) is 3. The lowest BCUT2D eigenvalue weighted by Crippen LogP contribution is -2.12. The van der Waals surface area contributed by atoms with Crippen LogP contribution in [0.1, 0.15) is 36.8 Å². The Hall–Kier alpha value is -2.62. The minimum atomic E-state index is -0.351. The van der Waals surface area contributed by atoms with Crippen LogP contribution in [0.25, 0.3) is 5.57 Å². The van der Waals surface area contributed by atoms with E-state index in [0.29, 0.717) is 18.9 Å². The second-order valence-corrected chi connectivity index (χ2v) is 6.57. The summed E-state index contributed by atoms with van der Waals surface area (Å²) < 4.78 is 24.7. The van der Waals surface area contributed by atoms with E-state index in [-0.39, 0.29) is 17.5 Å². The van der Waals surface area contributed by atoms with E-state index in [0.717, 1.165) is 36.0 Å². The molecule has 3 nitrogen and oxygen atoms in total. The minimum absolute atomic E-state index is 0.169. The highest BCUT2D eigenvalue weighted by atomic mass is 19.1. The van der Waals surface area contributed by atoms with Gasteiger partial charge in [0.25, 0.3) is 0 Å². The molecule has 2 aromatic carbocycles. The van der Waals surface area contributed by atoms with Gasteiger partial charge in [0, 0.05) is 6.42 Å². The number of carbonyl (C=O) groups excluding carboxylic acids is 1. The highest BCUT2D eigenvalue weighted by molar-refractivity contribution is 5.70. The lowest BCUT2D eigenvalue weighted by molar-refractivity contribution is -0.141. The van der Waals surface area contributed by atoms with Crippen molar-refractivity contribution < 1.29 is 18.7 Å². The molecule has 4 heteroatoms. The molecule has 1 atom stereocenters. The van der Waals surface area contributed by atoms with Crippen LogP contribution < -0.4 is 4.74 Å². The summed E-state index contributed by atoms with van der Waals surface area (Å²) >= 11 is 0. The van der Waals surface area contributed by atoms with Crippen molar-refractivity contribution in [1.82, 2.24) is 0 Å². The number of benzene rings is 2. The van der Waals surface area contributed by atoms with E-state index < -0.39 is 0 Å². The lowest BCUT2D eigenvalue weighted by atomic mass is 9.85. The Balaban J connectivity index is 1.61. The summed E-state index contributed by atoms with van der Waals surface area (Å²) in [4.78, 5) is 11.4. The molecular weight excluding hydrogens is 331 g/mol. The molecule has 2 aromatic rings. The van der Waals surface area contributed by atoms with Gasteiger partial charge in [-0.3, -0.25) is 4.79 Å². The molecule has 0 aliphatic heterocycles. The van der Waals surface area contributed by atoms with Crippen molar-refractivity contribution in [3.63, 3.8) is 0 Å². The van der Waals surface area contributed by atoms with Gasteiger partial charge in [0.15, 0.2) is 11.6 Å². The van der Waals surface area contributed by atoms with E-state index in [4.69, 9.17) is 9.47 Å². The number of methoxy groups -OCH3 is 1. The molecule has 0 saturated heterocycles. The van der Waals surface area contributed by atoms with Crippen LogP contribution in [0.3, 0.4) is 0 Å². The Morgan fingerprint density at radius 1 is 1.19 bits per heavy atom. The molecular formula is C22H23FO3. The van der Waals surface area contributed by atoms with E-state index in [9.17, 15) is 9.18 Å². The van der Waals surface area contributed by atoms with E-state index in [1.807, 2.05) is 36.4 Å². The van der Waals surface area contributed by atoms with Crippen LogP contribution in [0.15, 0.2) is 54.6 Å². The van der Waals surface area contributed by atoms with Crippen LogP contribution in [0.5, 0.6) is 5.75 Å². The fourth-order valence-corrected chi connectivity index (χ4v) is 3.21. The van der Waals surface area contributed by atoms with Gasteiger partial charge in [0.2, 0.25) is 0 Å². The standard InChI is InChI=1S/C22H23FO3/c1-25-22(24)13-16-7-9-18(10-8-16)19-11-12-21(20(23)14-19)26-15-17-5-3-2-4-6-17/h2-6,9,11-12,14,16H,7-8,10,13,15H2,1H3. The smallest absolute Gasteiger partial charge is 0.305 e. The predicted octanol–water partition coefficient (Wildman–Crippen LogP) is 5.15. The second-order valence-electron chi connectivity index (χ2n) is 6.57. The van der Waals surface area contributed by atoms with Gasteiger partial charge in [-0.2, -0.15) is 0 Å². The third-order valence-corrected chi connectivity index (χ3v) is 4.74. The van der Waals surface area contributed by atoms with Gasteiger partial charge in [0.1, 0.15) is 6.61 Å². The highest BCUT2D eigenvalue weighted by Gasteiger charge is 2.19. The summed E-state index contributed by atoms with van der Waals surface area (Å²) in [7, 11) is 1.41. The predicted molar refractivity (Wildman–Crippen MR) is 99.1 cm³/mol. The van der Waals surface area contributed by atoms with Crippen molar-refractivity contribution >= 4 is 11.5 Å². The average Bonchev–Trinajstić information content (AvgIpc) is 2.68. The molecule has 0 spiro atoms. The Morgan fingerprint density at radius 2 is 2.00 bits per heavy atom. The Kier molecular flexibility index (Phi) is 6.05. The van der Waals surface area contributed by atoms with Gasteiger partial charge in [-0.25, -0.2) is 4.39 Å². The summed E-state index contributed by atoms with van der Waals surface area (Å²) in [6, 6.07) is 14.8. The molecule has 1 aliphatic rings. The Bertz CT molecular complexity index is 783. The first kappa shape index (κ1) is 18.2. The maximum absolute atomic E-state index is 14.4. The van der Waals surface area contributed by atoms with Gasteiger partial charge >= 0.3 is 5.97 Å². The van der Waals surface area contributed by atoms with E-state index in [1.165, 1.54) is 13.2 Å². The monoisotopic (exact) mass is 354 g/mol. The zero-order valence-corrected chi connectivity index (χ0v) is 14.9. The van der Waals surface area contributed by atoms with Gasteiger partial charge in [0.05, 0.1) is 7.11 Å².